The molecule has 46 heavy (non-hydrogen) atoms. The maximum absolute atomic E-state index is 14.8. The molecule has 12 heteroatoms. The predicted octanol–water partition coefficient (Wildman–Crippen LogP) is 5.72. The van der Waals surface area contributed by atoms with Crippen LogP contribution in [0.1, 0.15) is 26.4 Å². The van der Waals surface area contributed by atoms with Crippen molar-refractivity contribution in [2.75, 3.05) is 27.3 Å². The lowest BCUT2D eigenvalue weighted by atomic mass is 10.0. The van der Waals surface area contributed by atoms with Gasteiger partial charge in [-0.3, -0.25) is 13.8 Å². The molecule has 2 heterocycles. The van der Waals surface area contributed by atoms with E-state index in [1.54, 1.807) is 84.9 Å². The normalized spacial score (nSPS) is 15.9. The molecule has 5 aromatic rings. The molecule has 6 rings (SSSR count). The number of fused-ring (bicyclic) bond motifs is 3. The quantitative estimate of drug-likeness (QED) is 0.212. The van der Waals surface area contributed by atoms with Crippen LogP contribution in [0.3, 0.4) is 0 Å². The Morgan fingerprint density at radius 2 is 1.54 bits per heavy atom. The van der Waals surface area contributed by atoms with Gasteiger partial charge in [-0.25, -0.2) is 12.4 Å². The molecule has 0 aliphatic carbocycles. The molecule has 0 fully saturated rings. The summed E-state index contributed by atoms with van der Waals surface area (Å²) < 4.78 is 55.3. The van der Waals surface area contributed by atoms with Gasteiger partial charge in [-0.05, 0) is 70.4 Å². The monoisotopic (exact) mass is 720 g/mol. The Balaban J connectivity index is 1.57. The SMILES string of the molecule is COc1ccc(Br)c(C(=O)N2CCc3c(n(S(=O)(=O)c4ccccc4)c4ccccc34)C(=O)C(S(=O)c3ccccc3)C2)c1OC. The van der Waals surface area contributed by atoms with Crippen LogP contribution in [0.25, 0.3) is 10.9 Å². The molecule has 1 aliphatic heterocycles. The van der Waals surface area contributed by atoms with Crippen molar-refractivity contribution in [2.24, 2.45) is 0 Å². The van der Waals surface area contributed by atoms with Gasteiger partial charge in [0.25, 0.3) is 15.9 Å². The molecule has 0 bridgehead atoms. The number of carbonyl (C=O) groups is 2. The number of ketones is 1. The summed E-state index contributed by atoms with van der Waals surface area (Å²) in [6.07, 6.45) is 0.166. The lowest BCUT2D eigenvalue weighted by molar-refractivity contribution is 0.0739. The third-order valence-electron chi connectivity index (χ3n) is 7.99. The minimum Gasteiger partial charge on any atom is -0.493 e. The highest BCUT2D eigenvalue weighted by Crippen LogP contribution is 2.38. The number of nitrogens with zero attached hydrogens (tertiary/aromatic N) is 2. The van der Waals surface area contributed by atoms with Gasteiger partial charge in [-0.1, -0.05) is 54.6 Å². The Labute approximate surface area is 277 Å². The first-order chi connectivity index (χ1) is 22.2. The van der Waals surface area contributed by atoms with Crippen molar-refractivity contribution in [2.45, 2.75) is 21.5 Å². The van der Waals surface area contributed by atoms with Crippen LogP contribution in [-0.4, -0.2) is 65.7 Å². The molecule has 0 radical (unpaired) electrons. The van der Waals surface area contributed by atoms with Crippen LogP contribution in [-0.2, 0) is 27.2 Å². The molecule has 2 atom stereocenters. The van der Waals surface area contributed by atoms with E-state index in [0.717, 1.165) is 3.97 Å². The number of benzene rings is 4. The Hall–Kier alpha value is -4.26. The summed E-state index contributed by atoms with van der Waals surface area (Å²) in [5.41, 5.74) is 0.926. The first kappa shape index (κ1) is 31.7. The van der Waals surface area contributed by atoms with Gasteiger partial charge < -0.3 is 14.4 Å². The second-order valence-electron chi connectivity index (χ2n) is 10.5. The van der Waals surface area contributed by atoms with Gasteiger partial charge in [-0.2, -0.15) is 0 Å². The minimum atomic E-state index is -4.25. The number of para-hydroxylation sites is 1. The highest BCUT2D eigenvalue weighted by Gasteiger charge is 2.40. The Morgan fingerprint density at radius 1 is 0.891 bits per heavy atom. The number of amides is 1. The molecule has 0 saturated heterocycles. The van der Waals surface area contributed by atoms with Crippen molar-refractivity contribution >= 4 is 59.3 Å². The highest BCUT2D eigenvalue weighted by molar-refractivity contribution is 9.10. The number of halogens is 1. The Kier molecular flexibility index (Phi) is 8.86. The fourth-order valence-electron chi connectivity index (χ4n) is 5.83. The van der Waals surface area contributed by atoms with Crippen molar-refractivity contribution < 1.29 is 31.7 Å². The largest absolute Gasteiger partial charge is 0.493 e. The standard InChI is InChI=1S/C34H29BrN2O7S2/c1-43-28-18-17-26(35)30(33(28)44-2)34(39)36-20-19-25-24-15-9-10-16-27(24)37(46(41,42)23-13-7-4-8-14-23)31(25)32(38)29(21-36)45(40)22-11-5-3-6-12-22/h3-18,29H,19-21H2,1-2H3. The minimum absolute atomic E-state index is 0.0147. The highest BCUT2D eigenvalue weighted by atomic mass is 79.9. The summed E-state index contributed by atoms with van der Waals surface area (Å²) in [6.45, 7) is -0.133. The van der Waals surface area contributed by atoms with Crippen LogP contribution in [0.2, 0.25) is 0 Å². The van der Waals surface area contributed by atoms with E-state index in [1.165, 1.54) is 31.3 Å². The van der Waals surface area contributed by atoms with E-state index in [0.29, 0.717) is 31.6 Å². The number of Topliss-reactive ketones (excluding diaryl/α,β-unsaturated/α-hetero) is 1. The molecule has 1 aromatic heterocycles. The van der Waals surface area contributed by atoms with Gasteiger partial charge in [-0.15, -0.1) is 0 Å². The van der Waals surface area contributed by atoms with Crippen molar-refractivity contribution in [3.8, 4) is 11.5 Å². The van der Waals surface area contributed by atoms with E-state index in [2.05, 4.69) is 15.9 Å². The van der Waals surface area contributed by atoms with Crippen LogP contribution in [0.4, 0.5) is 0 Å². The molecule has 0 spiro atoms. The molecule has 9 nitrogen and oxygen atoms in total. The number of ether oxygens (including phenoxy) is 2. The van der Waals surface area contributed by atoms with Crippen LogP contribution in [0.15, 0.2) is 111 Å². The second kappa shape index (κ2) is 12.9. The zero-order valence-electron chi connectivity index (χ0n) is 24.9. The van der Waals surface area contributed by atoms with E-state index < -0.39 is 37.8 Å². The molecule has 1 aliphatic rings. The average molecular weight is 722 g/mol. The van der Waals surface area contributed by atoms with Crippen molar-refractivity contribution in [1.82, 2.24) is 8.87 Å². The molecule has 236 valence electrons. The summed E-state index contributed by atoms with van der Waals surface area (Å²) in [4.78, 5) is 31.0. The fraction of sp³-hybridized carbons (Fsp3) is 0.176. The number of hydrogen-bond donors (Lipinski definition) is 0. The lowest BCUT2D eigenvalue weighted by Gasteiger charge is -2.30. The maximum atomic E-state index is 14.8. The number of aromatic nitrogens is 1. The van der Waals surface area contributed by atoms with E-state index >= 15 is 0 Å². The maximum Gasteiger partial charge on any atom is 0.268 e. The van der Waals surface area contributed by atoms with Crippen LogP contribution < -0.4 is 9.47 Å². The molecular weight excluding hydrogens is 692 g/mol. The first-order valence-electron chi connectivity index (χ1n) is 14.3. The summed E-state index contributed by atoms with van der Waals surface area (Å²) in [5, 5.41) is -0.737. The van der Waals surface area contributed by atoms with E-state index in [1.807, 2.05) is 0 Å². The van der Waals surface area contributed by atoms with Gasteiger partial charge >= 0.3 is 0 Å². The van der Waals surface area contributed by atoms with Crippen LogP contribution in [0.5, 0.6) is 11.5 Å². The van der Waals surface area contributed by atoms with Crippen LogP contribution in [0, 0.1) is 0 Å². The molecule has 1 amide bonds. The Bertz CT molecular complexity index is 2100. The molecular formula is C34H29BrN2O7S2. The summed E-state index contributed by atoms with van der Waals surface area (Å²) in [5.74, 6) is -0.544. The van der Waals surface area contributed by atoms with Crippen molar-refractivity contribution in [3.63, 3.8) is 0 Å². The summed E-state index contributed by atoms with van der Waals surface area (Å²) >= 11 is 3.47. The predicted molar refractivity (Wildman–Crippen MR) is 179 cm³/mol. The summed E-state index contributed by atoms with van der Waals surface area (Å²) in [6, 6.07) is 26.6. The molecule has 0 saturated carbocycles. The number of carbonyl (C=O) groups excluding carboxylic acids is 2. The van der Waals surface area contributed by atoms with E-state index in [4.69, 9.17) is 9.47 Å². The zero-order valence-corrected chi connectivity index (χ0v) is 28.1. The number of rotatable bonds is 7. The fourth-order valence-corrected chi connectivity index (χ4v) is 9.26. The van der Waals surface area contributed by atoms with Gasteiger partial charge in [0, 0.05) is 27.8 Å². The van der Waals surface area contributed by atoms with Gasteiger partial charge in [0.1, 0.15) is 10.9 Å². The van der Waals surface area contributed by atoms with E-state index in [9.17, 15) is 22.2 Å². The molecule has 4 aromatic carbocycles. The van der Waals surface area contributed by atoms with E-state index in [-0.39, 0.29) is 41.4 Å². The first-order valence-corrected chi connectivity index (χ1v) is 17.8. The van der Waals surface area contributed by atoms with Gasteiger partial charge in [0.05, 0.1) is 41.0 Å². The van der Waals surface area contributed by atoms with Crippen molar-refractivity contribution in [3.05, 3.63) is 118 Å². The van der Waals surface area contributed by atoms with Crippen LogP contribution >= 0.6 is 15.9 Å². The average Bonchev–Trinajstić information content (AvgIpc) is 3.42. The number of hydrogen-bond acceptors (Lipinski definition) is 7. The molecule has 2 unspecified atom stereocenters. The summed E-state index contributed by atoms with van der Waals surface area (Å²) in [7, 11) is -3.32. The van der Waals surface area contributed by atoms with Crippen molar-refractivity contribution in [1.29, 1.82) is 0 Å². The van der Waals surface area contributed by atoms with Gasteiger partial charge in [0.15, 0.2) is 17.3 Å². The Morgan fingerprint density at radius 3 is 2.22 bits per heavy atom. The third-order valence-corrected chi connectivity index (χ3v) is 12.0. The van der Waals surface area contributed by atoms with Gasteiger partial charge in [0.2, 0.25) is 0 Å². The number of methoxy groups -OCH3 is 2. The smallest absolute Gasteiger partial charge is 0.268 e. The lowest BCUT2D eigenvalue weighted by Crippen LogP contribution is -2.46. The third kappa shape index (κ3) is 5.44. The zero-order chi connectivity index (χ0) is 32.6. The molecule has 0 N–H and O–H groups in total. The second-order valence-corrected chi connectivity index (χ2v) is 14.8. The topological polar surface area (TPSA) is 112 Å².